The lowest BCUT2D eigenvalue weighted by Gasteiger charge is -2.26. The molecule has 5 nitrogen and oxygen atoms in total. The van der Waals surface area contributed by atoms with E-state index in [0.717, 1.165) is 18.7 Å². The second-order valence-electron chi connectivity index (χ2n) is 3.77. The van der Waals surface area contributed by atoms with Crippen LogP contribution in [0.25, 0.3) is 0 Å². The summed E-state index contributed by atoms with van der Waals surface area (Å²) in [5, 5.41) is 0. The van der Waals surface area contributed by atoms with E-state index in [-0.39, 0.29) is 0 Å². The van der Waals surface area contributed by atoms with E-state index < -0.39 is 0 Å². The van der Waals surface area contributed by atoms with Crippen LogP contribution in [0.4, 0.5) is 6.01 Å². The Labute approximate surface area is 96.6 Å². The molecule has 16 heavy (non-hydrogen) atoms. The lowest BCUT2D eigenvalue weighted by Crippen LogP contribution is -2.35. The minimum atomic E-state index is 0.374. The molecule has 2 N–H and O–H groups in total. The fourth-order valence-corrected chi connectivity index (χ4v) is 1.44. The fraction of sp³-hybridized carbons (Fsp3) is 0.727. The van der Waals surface area contributed by atoms with Crippen molar-refractivity contribution in [2.75, 3.05) is 25.2 Å². The zero-order chi connectivity index (χ0) is 12.0. The molecule has 1 aromatic rings. The Kier molecular flexibility index (Phi) is 5.28. The first-order valence-corrected chi connectivity index (χ1v) is 5.63. The third-order valence-corrected chi connectivity index (χ3v) is 2.65. The summed E-state index contributed by atoms with van der Waals surface area (Å²) in [5.74, 6) is 0. The van der Waals surface area contributed by atoms with Crippen LogP contribution in [-0.4, -0.2) is 31.3 Å². The highest BCUT2D eigenvalue weighted by Crippen LogP contribution is 2.17. The van der Waals surface area contributed by atoms with E-state index in [1.165, 1.54) is 0 Å². The summed E-state index contributed by atoms with van der Waals surface area (Å²) in [6.45, 7) is 6.11. The van der Waals surface area contributed by atoms with Crippen molar-refractivity contribution in [3.63, 3.8) is 0 Å². The van der Waals surface area contributed by atoms with Gasteiger partial charge in [0.05, 0.1) is 12.3 Å². The van der Waals surface area contributed by atoms with E-state index in [1.807, 2.05) is 0 Å². The highest BCUT2D eigenvalue weighted by atomic mass is 16.5. The number of nitrogens with two attached hydrogens (primary N) is 1. The number of hydrogen-bond acceptors (Lipinski definition) is 5. The topological polar surface area (TPSA) is 64.5 Å². The molecule has 5 heteroatoms. The Bertz CT molecular complexity index is 301. The van der Waals surface area contributed by atoms with Gasteiger partial charge in [-0.2, -0.15) is 4.98 Å². The molecule has 0 aliphatic heterocycles. The van der Waals surface area contributed by atoms with Gasteiger partial charge in [-0.3, -0.25) is 0 Å². The Morgan fingerprint density at radius 3 is 2.88 bits per heavy atom. The molecule has 0 aliphatic carbocycles. The van der Waals surface area contributed by atoms with Crippen molar-refractivity contribution in [2.45, 2.75) is 32.9 Å². The minimum absolute atomic E-state index is 0.374. The van der Waals surface area contributed by atoms with Crippen LogP contribution in [0.1, 0.15) is 26.0 Å². The van der Waals surface area contributed by atoms with Gasteiger partial charge in [0.2, 0.25) is 0 Å². The Morgan fingerprint density at radius 2 is 2.38 bits per heavy atom. The Hall–Kier alpha value is -1.07. The van der Waals surface area contributed by atoms with Gasteiger partial charge in [0.1, 0.15) is 6.26 Å². The summed E-state index contributed by atoms with van der Waals surface area (Å²) in [6, 6.07) is 1.01. The zero-order valence-corrected chi connectivity index (χ0v) is 10.3. The molecular weight excluding hydrogens is 206 g/mol. The average Bonchev–Trinajstić information content (AvgIpc) is 2.77. The van der Waals surface area contributed by atoms with Crippen LogP contribution in [0.5, 0.6) is 0 Å². The number of rotatable bonds is 7. The summed E-state index contributed by atoms with van der Waals surface area (Å²) in [6.07, 6.45) is 2.64. The third-order valence-electron chi connectivity index (χ3n) is 2.65. The molecule has 1 rings (SSSR count). The van der Waals surface area contributed by atoms with Gasteiger partial charge in [-0.1, -0.05) is 6.92 Å². The van der Waals surface area contributed by atoms with Gasteiger partial charge in [0.15, 0.2) is 0 Å². The SMILES string of the molecule is CCC(C)N(CCOC)c1nc(CN)co1. The standard InChI is InChI=1S/C11H21N3O2/c1-4-9(2)14(5-6-15-3)11-13-10(7-12)8-16-11/h8-9H,4-7,12H2,1-3H3. The highest BCUT2D eigenvalue weighted by Gasteiger charge is 2.17. The summed E-state index contributed by atoms with van der Waals surface area (Å²) in [7, 11) is 1.69. The van der Waals surface area contributed by atoms with Gasteiger partial charge < -0.3 is 19.8 Å². The maximum absolute atomic E-state index is 5.51. The molecule has 0 spiro atoms. The van der Waals surface area contributed by atoms with Gasteiger partial charge in [-0.15, -0.1) is 0 Å². The number of anilines is 1. The molecule has 0 aromatic carbocycles. The lowest BCUT2D eigenvalue weighted by atomic mass is 10.2. The summed E-state index contributed by atoms with van der Waals surface area (Å²) in [4.78, 5) is 6.43. The molecule has 0 radical (unpaired) electrons. The number of hydrogen-bond donors (Lipinski definition) is 1. The van der Waals surface area contributed by atoms with E-state index in [0.29, 0.717) is 25.2 Å². The first-order valence-electron chi connectivity index (χ1n) is 5.63. The predicted molar refractivity (Wildman–Crippen MR) is 63.4 cm³/mol. The number of oxazole rings is 1. The highest BCUT2D eigenvalue weighted by molar-refractivity contribution is 5.28. The second kappa shape index (κ2) is 6.50. The van der Waals surface area contributed by atoms with E-state index in [2.05, 4.69) is 23.7 Å². The molecule has 1 aromatic heterocycles. The van der Waals surface area contributed by atoms with Crippen LogP contribution in [0, 0.1) is 0 Å². The lowest BCUT2D eigenvalue weighted by molar-refractivity contribution is 0.201. The Morgan fingerprint density at radius 1 is 1.62 bits per heavy atom. The molecule has 0 aliphatic rings. The van der Waals surface area contributed by atoms with Gasteiger partial charge in [0, 0.05) is 26.2 Å². The molecule has 1 heterocycles. The number of aromatic nitrogens is 1. The van der Waals surface area contributed by atoms with Gasteiger partial charge in [0.25, 0.3) is 6.01 Å². The van der Waals surface area contributed by atoms with Crippen LogP contribution in [0.2, 0.25) is 0 Å². The molecule has 0 saturated carbocycles. The summed E-state index contributed by atoms with van der Waals surface area (Å²) in [5.41, 5.74) is 6.28. The quantitative estimate of drug-likeness (QED) is 0.762. The van der Waals surface area contributed by atoms with E-state index in [1.54, 1.807) is 13.4 Å². The van der Waals surface area contributed by atoms with E-state index >= 15 is 0 Å². The molecule has 1 atom stereocenters. The van der Waals surface area contributed by atoms with E-state index in [4.69, 9.17) is 14.9 Å². The third kappa shape index (κ3) is 3.21. The molecular formula is C11H21N3O2. The smallest absolute Gasteiger partial charge is 0.297 e. The molecule has 1 unspecified atom stereocenters. The number of ether oxygens (including phenoxy) is 1. The van der Waals surface area contributed by atoms with Crippen molar-refractivity contribution in [3.8, 4) is 0 Å². The van der Waals surface area contributed by atoms with Crippen molar-refractivity contribution in [1.29, 1.82) is 0 Å². The van der Waals surface area contributed by atoms with Crippen molar-refractivity contribution in [2.24, 2.45) is 5.73 Å². The normalized spacial score (nSPS) is 12.8. The zero-order valence-electron chi connectivity index (χ0n) is 10.3. The molecule has 92 valence electrons. The molecule has 0 saturated heterocycles. The minimum Gasteiger partial charge on any atom is -0.432 e. The fourth-order valence-electron chi connectivity index (χ4n) is 1.44. The van der Waals surface area contributed by atoms with Crippen LogP contribution in [0.15, 0.2) is 10.7 Å². The average molecular weight is 227 g/mol. The Balaban J connectivity index is 2.74. The summed E-state index contributed by atoms with van der Waals surface area (Å²) >= 11 is 0. The van der Waals surface area contributed by atoms with Gasteiger partial charge >= 0.3 is 0 Å². The maximum atomic E-state index is 5.51. The van der Waals surface area contributed by atoms with Crippen LogP contribution in [0.3, 0.4) is 0 Å². The maximum Gasteiger partial charge on any atom is 0.297 e. The molecule has 0 bridgehead atoms. The van der Waals surface area contributed by atoms with Crippen LogP contribution >= 0.6 is 0 Å². The second-order valence-corrected chi connectivity index (χ2v) is 3.77. The van der Waals surface area contributed by atoms with E-state index in [9.17, 15) is 0 Å². The molecule has 0 amide bonds. The van der Waals surface area contributed by atoms with Crippen molar-refractivity contribution in [3.05, 3.63) is 12.0 Å². The van der Waals surface area contributed by atoms with Gasteiger partial charge in [-0.25, -0.2) is 0 Å². The number of methoxy groups -OCH3 is 1. The monoisotopic (exact) mass is 227 g/mol. The van der Waals surface area contributed by atoms with Crippen molar-refractivity contribution < 1.29 is 9.15 Å². The van der Waals surface area contributed by atoms with Crippen LogP contribution < -0.4 is 10.6 Å². The van der Waals surface area contributed by atoms with Gasteiger partial charge in [-0.05, 0) is 13.3 Å². The first-order chi connectivity index (χ1) is 7.72. The number of nitrogens with zero attached hydrogens (tertiary/aromatic N) is 2. The summed E-state index contributed by atoms with van der Waals surface area (Å²) < 4.78 is 10.5. The van der Waals surface area contributed by atoms with Crippen molar-refractivity contribution >= 4 is 6.01 Å². The predicted octanol–water partition coefficient (Wildman–Crippen LogP) is 1.38. The molecule has 0 fully saturated rings. The largest absolute Gasteiger partial charge is 0.432 e. The first kappa shape index (κ1) is 13.0. The van der Waals surface area contributed by atoms with Crippen molar-refractivity contribution in [1.82, 2.24) is 4.98 Å². The van der Waals surface area contributed by atoms with Crippen LogP contribution in [-0.2, 0) is 11.3 Å².